The standard InChI is InChI=1S/C27H23ClN2O6/c1-4-34-24-13-18(11-21(28)25(24)35-15-20-8-6-5-7-16(20)2)12-22-27(31)36-26(29-22)19-10-9-17(3)23(14-19)30(32)33/h5-14H,4,15H2,1-3H3/b22-12-. The molecule has 8 nitrogen and oxygen atoms in total. The summed E-state index contributed by atoms with van der Waals surface area (Å²) in [6.07, 6.45) is 1.51. The van der Waals surface area contributed by atoms with E-state index in [4.69, 9.17) is 25.8 Å². The number of rotatable bonds is 8. The van der Waals surface area contributed by atoms with Crippen LogP contribution in [0.15, 0.2) is 65.3 Å². The lowest BCUT2D eigenvalue weighted by atomic mass is 10.1. The molecule has 4 rings (SSSR count). The highest BCUT2D eigenvalue weighted by molar-refractivity contribution is 6.32. The van der Waals surface area contributed by atoms with Crippen LogP contribution in [0.3, 0.4) is 0 Å². The number of benzene rings is 3. The second-order valence-electron chi connectivity index (χ2n) is 8.07. The van der Waals surface area contributed by atoms with Gasteiger partial charge in [-0.05, 0) is 61.7 Å². The van der Waals surface area contributed by atoms with E-state index in [1.54, 1.807) is 31.2 Å². The fourth-order valence-electron chi connectivity index (χ4n) is 3.63. The monoisotopic (exact) mass is 506 g/mol. The van der Waals surface area contributed by atoms with Crippen LogP contribution in [0.4, 0.5) is 5.69 Å². The summed E-state index contributed by atoms with van der Waals surface area (Å²) in [7, 11) is 0. The normalized spacial score (nSPS) is 13.9. The molecule has 0 spiro atoms. The number of nitro benzene ring substituents is 1. The molecule has 0 aliphatic carbocycles. The molecule has 3 aromatic carbocycles. The van der Waals surface area contributed by atoms with Crippen LogP contribution >= 0.6 is 11.6 Å². The number of hydrogen-bond donors (Lipinski definition) is 0. The van der Waals surface area contributed by atoms with E-state index in [9.17, 15) is 14.9 Å². The third kappa shape index (κ3) is 5.39. The molecule has 0 bridgehead atoms. The number of nitrogens with zero attached hydrogens (tertiary/aromatic N) is 2. The van der Waals surface area contributed by atoms with Crippen molar-refractivity contribution in [2.75, 3.05) is 6.61 Å². The van der Waals surface area contributed by atoms with Crippen molar-refractivity contribution in [1.29, 1.82) is 0 Å². The molecule has 0 atom stereocenters. The van der Waals surface area contributed by atoms with Gasteiger partial charge in [0, 0.05) is 17.2 Å². The quantitative estimate of drug-likeness (QED) is 0.156. The first-order valence-corrected chi connectivity index (χ1v) is 11.6. The SMILES string of the molecule is CCOc1cc(/C=C2\N=C(c3ccc(C)c([N+](=O)[O-])c3)OC2=O)cc(Cl)c1OCc1ccccc1C. The molecule has 0 N–H and O–H groups in total. The molecule has 1 aliphatic heterocycles. The van der Waals surface area contributed by atoms with E-state index in [0.29, 0.717) is 46.4 Å². The van der Waals surface area contributed by atoms with E-state index < -0.39 is 10.9 Å². The Labute approximate surface area is 212 Å². The van der Waals surface area contributed by atoms with Gasteiger partial charge in [-0.3, -0.25) is 10.1 Å². The molecule has 0 amide bonds. The Hall–Kier alpha value is -4.17. The summed E-state index contributed by atoms with van der Waals surface area (Å²) in [5.41, 5.74) is 3.44. The van der Waals surface area contributed by atoms with Crippen molar-refractivity contribution in [1.82, 2.24) is 0 Å². The van der Waals surface area contributed by atoms with Gasteiger partial charge in [-0.2, -0.15) is 0 Å². The highest BCUT2D eigenvalue weighted by Gasteiger charge is 2.26. The zero-order valence-corrected chi connectivity index (χ0v) is 20.7. The number of nitro groups is 1. The van der Waals surface area contributed by atoms with Crippen molar-refractivity contribution < 1.29 is 23.9 Å². The molecule has 0 radical (unpaired) electrons. The molecule has 1 aliphatic rings. The zero-order valence-electron chi connectivity index (χ0n) is 19.9. The van der Waals surface area contributed by atoms with Crippen molar-refractivity contribution in [3.8, 4) is 11.5 Å². The number of esters is 1. The highest BCUT2D eigenvalue weighted by Crippen LogP contribution is 2.38. The summed E-state index contributed by atoms with van der Waals surface area (Å²) >= 11 is 6.53. The maximum atomic E-state index is 12.5. The minimum atomic E-state index is -0.679. The summed E-state index contributed by atoms with van der Waals surface area (Å²) in [6.45, 7) is 6.17. The topological polar surface area (TPSA) is 100 Å². The summed E-state index contributed by atoms with van der Waals surface area (Å²) in [6, 6.07) is 15.7. The van der Waals surface area contributed by atoms with Gasteiger partial charge in [0.2, 0.25) is 5.90 Å². The molecule has 1 heterocycles. The third-order valence-corrected chi connectivity index (χ3v) is 5.82. The molecular weight excluding hydrogens is 484 g/mol. The molecule has 0 fully saturated rings. The number of aryl methyl sites for hydroxylation is 2. The Morgan fingerprint density at radius 3 is 2.58 bits per heavy atom. The van der Waals surface area contributed by atoms with Crippen LogP contribution in [0.1, 0.15) is 34.7 Å². The first kappa shape index (κ1) is 24.9. The van der Waals surface area contributed by atoms with Crippen LogP contribution < -0.4 is 9.47 Å². The molecule has 36 heavy (non-hydrogen) atoms. The Bertz CT molecular complexity index is 1410. The summed E-state index contributed by atoms with van der Waals surface area (Å²) < 4.78 is 17.0. The first-order chi connectivity index (χ1) is 17.3. The fourth-order valence-corrected chi connectivity index (χ4v) is 3.90. The second-order valence-corrected chi connectivity index (χ2v) is 8.48. The van der Waals surface area contributed by atoms with Crippen LogP contribution in [0, 0.1) is 24.0 Å². The van der Waals surface area contributed by atoms with Gasteiger partial charge in [0.05, 0.1) is 16.6 Å². The molecule has 3 aromatic rings. The molecule has 0 saturated heterocycles. The number of cyclic esters (lactones) is 1. The van der Waals surface area contributed by atoms with Gasteiger partial charge in [0.25, 0.3) is 5.69 Å². The summed E-state index contributed by atoms with van der Waals surface area (Å²) in [4.78, 5) is 27.5. The molecule has 0 unspecified atom stereocenters. The number of halogens is 1. The van der Waals surface area contributed by atoms with Crippen molar-refractivity contribution in [2.45, 2.75) is 27.4 Å². The third-order valence-electron chi connectivity index (χ3n) is 5.54. The van der Waals surface area contributed by atoms with Gasteiger partial charge in [-0.15, -0.1) is 0 Å². The van der Waals surface area contributed by atoms with Gasteiger partial charge >= 0.3 is 5.97 Å². The Kier molecular flexibility index (Phi) is 7.36. The van der Waals surface area contributed by atoms with Crippen LogP contribution in [-0.2, 0) is 16.1 Å². The Balaban J connectivity index is 1.63. The summed E-state index contributed by atoms with van der Waals surface area (Å²) in [5, 5.41) is 11.6. The lowest BCUT2D eigenvalue weighted by Crippen LogP contribution is -2.06. The second kappa shape index (κ2) is 10.6. The number of carbonyl (C=O) groups excluding carboxylic acids is 1. The van der Waals surface area contributed by atoms with Crippen LogP contribution in [-0.4, -0.2) is 23.4 Å². The van der Waals surface area contributed by atoms with Gasteiger partial charge in [0.15, 0.2) is 17.2 Å². The average molecular weight is 507 g/mol. The largest absolute Gasteiger partial charge is 0.490 e. The van der Waals surface area contributed by atoms with E-state index >= 15 is 0 Å². The molecular formula is C27H23ClN2O6. The van der Waals surface area contributed by atoms with Gasteiger partial charge in [0.1, 0.15) is 6.61 Å². The van der Waals surface area contributed by atoms with Crippen LogP contribution in [0.25, 0.3) is 6.08 Å². The fraction of sp³-hybridized carbons (Fsp3) is 0.185. The van der Waals surface area contributed by atoms with Gasteiger partial charge in [-0.25, -0.2) is 9.79 Å². The van der Waals surface area contributed by atoms with Gasteiger partial charge in [-0.1, -0.05) is 41.9 Å². The van der Waals surface area contributed by atoms with Gasteiger partial charge < -0.3 is 14.2 Å². The van der Waals surface area contributed by atoms with Crippen molar-refractivity contribution in [3.63, 3.8) is 0 Å². The summed E-state index contributed by atoms with van der Waals surface area (Å²) in [5.74, 6) is 0.134. The van der Waals surface area contributed by atoms with Crippen LogP contribution in [0.2, 0.25) is 5.02 Å². The predicted molar refractivity (Wildman–Crippen MR) is 137 cm³/mol. The van der Waals surface area contributed by atoms with E-state index in [2.05, 4.69) is 4.99 Å². The molecule has 9 heteroatoms. The zero-order chi connectivity index (χ0) is 25.8. The number of hydrogen-bond acceptors (Lipinski definition) is 7. The minimum absolute atomic E-state index is 0.0105. The van der Waals surface area contributed by atoms with Crippen molar-refractivity contribution >= 4 is 35.2 Å². The number of aliphatic imine (C=N–C) groups is 1. The Morgan fingerprint density at radius 1 is 1.08 bits per heavy atom. The lowest BCUT2D eigenvalue weighted by molar-refractivity contribution is -0.385. The Morgan fingerprint density at radius 2 is 1.86 bits per heavy atom. The highest BCUT2D eigenvalue weighted by atomic mass is 35.5. The molecule has 0 aromatic heterocycles. The van der Waals surface area contributed by atoms with Crippen molar-refractivity contribution in [2.24, 2.45) is 4.99 Å². The van der Waals surface area contributed by atoms with E-state index in [1.807, 2.05) is 38.1 Å². The predicted octanol–water partition coefficient (Wildman–Crippen LogP) is 6.19. The minimum Gasteiger partial charge on any atom is -0.490 e. The van der Waals surface area contributed by atoms with E-state index in [0.717, 1.165) is 11.1 Å². The smallest absolute Gasteiger partial charge is 0.363 e. The lowest BCUT2D eigenvalue weighted by Gasteiger charge is -2.15. The number of carbonyl (C=O) groups is 1. The van der Waals surface area contributed by atoms with Crippen molar-refractivity contribution in [3.05, 3.63) is 103 Å². The average Bonchev–Trinajstić information content (AvgIpc) is 3.20. The molecule has 184 valence electrons. The maximum absolute atomic E-state index is 12.5. The van der Waals surface area contributed by atoms with E-state index in [1.165, 1.54) is 12.1 Å². The number of ether oxygens (including phenoxy) is 3. The first-order valence-electron chi connectivity index (χ1n) is 11.2. The van der Waals surface area contributed by atoms with Crippen LogP contribution in [0.5, 0.6) is 11.5 Å². The van der Waals surface area contributed by atoms with E-state index in [-0.39, 0.29) is 17.3 Å². The maximum Gasteiger partial charge on any atom is 0.363 e. The molecule has 0 saturated carbocycles.